The molecule has 2 aromatic carbocycles. The Balaban J connectivity index is 1.74. The number of carbonyl (C=O) groups excluding carboxylic acids is 1. The summed E-state index contributed by atoms with van der Waals surface area (Å²) >= 11 is 0. The minimum atomic E-state index is -0.314. The van der Waals surface area contributed by atoms with Gasteiger partial charge in [-0.1, -0.05) is 44.2 Å². The van der Waals surface area contributed by atoms with Gasteiger partial charge >= 0.3 is 0 Å². The van der Waals surface area contributed by atoms with Gasteiger partial charge in [0.25, 0.3) is 5.91 Å². The predicted octanol–water partition coefficient (Wildman–Crippen LogP) is 3.82. The summed E-state index contributed by atoms with van der Waals surface area (Å²) < 4.78 is 6.94. The highest BCUT2D eigenvalue weighted by molar-refractivity contribution is 5.95. The molecule has 8 nitrogen and oxygen atoms in total. The number of carbonyl (C=O) groups is 1. The van der Waals surface area contributed by atoms with Crippen LogP contribution in [-0.4, -0.2) is 39.3 Å². The summed E-state index contributed by atoms with van der Waals surface area (Å²) in [4.78, 5) is 21.8. The van der Waals surface area contributed by atoms with Gasteiger partial charge in [0.1, 0.15) is 11.6 Å². The van der Waals surface area contributed by atoms with Gasteiger partial charge in [0.2, 0.25) is 5.82 Å². The van der Waals surface area contributed by atoms with Crippen LogP contribution in [0.3, 0.4) is 0 Å². The summed E-state index contributed by atoms with van der Waals surface area (Å²) in [5.41, 5.74) is 2.46. The number of methoxy groups -OCH3 is 1. The van der Waals surface area contributed by atoms with Crippen molar-refractivity contribution in [1.82, 2.24) is 25.1 Å². The highest BCUT2D eigenvalue weighted by atomic mass is 16.5. The first-order valence-corrected chi connectivity index (χ1v) is 10.5. The summed E-state index contributed by atoms with van der Waals surface area (Å²) in [6.07, 6.45) is 1.71. The standard InChI is InChI=1S/C24H26N6O2/c1-16(2)13-26-24(31)22-28-21(25-14-17-7-5-4-6-8-17)20-15-27-30(23(20)29-22)18-9-11-19(32-3)12-10-18/h4-12,15-16H,13-14H2,1-3H3,(H,26,31)(H,25,28,29). The van der Waals surface area contributed by atoms with Gasteiger partial charge in [0.05, 0.1) is 24.4 Å². The Morgan fingerprint density at radius 2 is 1.81 bits per heavy atom. The van der Waals surface area contributed by atoms with Gasteiger partial charge in [-0.25, -0.2) is 14.6 Å². The van der Waals surface area contributed by atoms with Crippen LogP contribution in [-0.2, 0) is 6.54 Å². The zero-order chi connectivity index (χ0) is 22.5. The van der Waals surface area contributed by atoms with E-state index in [9.17, 15) is 4.79 Å². The molecule has 0 unspecified atom stereocenters. The van der Waals surface area contributed by atoms with E-state index in [0.29, 0.717) is 30.5 Å². The molecular weight excluding hydrogens is 404 g/mol. The molecule has 0 atom stereocenters. The molecule has 0 radical (unpaired) electrons. The average Bonchev–Trinajstić information content (AvgIpc) is 3.26. The number of nitrogens with one attached hydrogen (secondary N) is 2. The third-order valence-electron chi connectivity index (χ3n) is 4.92. The Morgan fingerprint density at radius 1 is 1.06 bits per heavy atom. The molecule has 4 aromatic rings. The lowest BCUT2D eigenvalue weighted by molar-refractivity contribution is 0.0939. The maximum absolute atomic E-state index is 12.8. The molecule has 0 saturated heterocycles. The topological polar surface area (TPSA) is 94.0 Å². The van der Waals surface area contributed by atoms with Gasteiger partial charge in [-0.05, 0) is 35.7 Å². The van der Waals surface area contributed by atoms with Crippen LogP contribution in [0.25, 0.3) is 16.7 Å². The van der Waals surface area contributed by atoms with Gasteiger partial charge in [-0.15, -0.1) is 0 Å². The summed E-state index contributed by atoms with van der Waals surface area (Å²) in [6, 6.07) is 17.5. The van der Waals surface area contributed by atoms with Crippen LogP contribution in [0.2, 0.25) is 0 Å². The van der Waals surface area contributed by atoms with Gasteiger partial charge in [0, 0.05) is 13.1 Å². The Morgan fingerprint density at radius 3 is 2.50 bits per heavy atom. The number of anilines is 1. The molecule has 0 spiro atoms. The smallest absolute Gasteiger partial charge is 0.289 e. The van der Waals surface area contributed by atoms with E-state index < -0.39 is 0 Å². The second-order valence-corrected chi connectivity index (χ2v) is 7.83. The third kappa shape index (κ3) is 4.69. The van der Waals surface area contributed by atoms with E-state index >= 15 is 0 Å². The first-order valence-electron chi connectivity index (χ1n) is 10.5. The lowest BCUT2D eigenvalue weighted by Crippen LogP contribution is -2.29. The molecule has 0 bridgehead atoms. The van der Waals surface area contributed by atoms with E-state index in [2.05, 4.69) is 25.7 Å². The van der Waals surface area contributed by atoms with Gasteiger partial charge < -0.3 is 15.4 Å². The molecule has 0 aliphatic heterocycles. The zero-order valence-electron chi connectivity index (χ0n) is 18.4. The minimum Gasteiger partial charge on any atom is -0.497 e. The average molecular weight is 431 g/mol. The van der Waals surface area contributed by atoms with Crippen LogP contribution < -0.4 is 15.4 Å². The summed E-state index contributed by atoms with van der Waals surface area (Å²) in [5.74, 6) is 1.42. The molecule has 0 saturated carbocycles. The van der Waals surface area contributed by atoms with E-state index in [0.717, 1.165) is 22.4 Å². The zero-order valence-corrected chi connectivity index (χ0v) is 18.4. The van der Waals surface area contributed by atoms with E-state index in [1.54, 1.807) is 18.0 Å². The third-order valence-corrected chi connectivity index (χ3v) is 4.92. The number of hydrogen-bond acceptors (Lipinski definition) is 6. The Kier molecular flexibility index (Phi) is 6.30. The quantitative estimate of drug-likeness (QED) is 0.441. The minimum absolute atomic E-state index is 0.101. The van der Waals surface area contributed by atoms with Gasteiger partial charge in [-0.2, -0.15) is 5.10 Å². The summed E-state index contributed by atoms with van der Waals surface area (Å²) in [5, 5.41) is 11.5. The molecule has 32 heavy (non-hydrogen) atoms. The highest BCUT2D eigenvalue weighted by Gasteiger charge is 2.18. The second kappa shape index (κ2) is 9.47. The highest BCUT2D eigenvalue weighted by Crippen LogP contribution is 2.24. The first-order chi connectivity index (χ1) is 15.5. The lowest BCUT2D eigenvalue weighted by Gasteiger charge is -2.11. The predicted molar refractivity (Wildman–Crippen MR) is 124 cm³/mol. The fraction of sp³-hybridized carbons (Fsp3) is 0.250. The SMILES string of the molecule is COc1ccc(-n2ncc3c(NCc4ccccc4)nc(C(=O)NCC(C)C)nc32)cc1. The molecule has 164 valence electrons. The molecule has 2 heterocycles. The van der Waals surface area contributed by atoms with Gasteiger partial charge in [-0.3, -0.25) is 4.79 Å². The second-order valence-electron chi connectivity index (χ2n) is 7.83. The Labute approximate surface area is 186 Å². The van der Waals surface area contributed by atoms with Crippen molar-refractivity contribution < 1.29 is 9.53 Å². The van der Waals surface area contributed by atoms with Crippen molar-refractivity contribution in [1.29, 1.82) is 0 Å². The molecule has 0 aliphatic carbocycles. The van der Waals surface area contributed by atoms with Crippen molar-refractivity contribution in [2.75, 3.05) is 19.0 Å². The van der Waals surface area contributed by atoms with Crippen molar-refractivity contribution in [2.45, 2.75) is 20.4 Å². The van der Waals surface area contributed by atoms with Crippen molar-refractivity contribution in [3.05, 3.63) is 72.2 Å². The van der Waals surface area contributed by atoms with E-state index in [-0.39, 0.29) is 11.7 Å². The van der Waals surface area contributed by atoms with E-state index in [1.165, 1.54) is 0 Å². The largest absolute Gasteiger partial charge is 0.497 e. The monoisotopic (exact) mass is 430 g/mol. The number of amides is 1. The maximum Gasteiger partial charge on any atom is 0.289 e. The van der Waals surface area contributed by atoms with Crippen LogP contribution in [0.1, 0.15) is 30.0 Å². The Bertz CT molecular complexity index is 1200. The number of aromatic nitrogens is 4. The van der Waals surface area contributed by atoms with Crippen LogP contribution in [0, 0.1) is 5.92 Å². The molecule has 0 fully saturated rings. The van der Waals surface area contributed by atoms with Crippen LogP contribution in [0.4, 0.5) is 5.82 Å². The van der Waals surface area contributed by atoms with E-state index in [4.69, 9.17) is 4.74 Å². The number of benzene rings is 2. The van der Waals surface area contributed by atoms with Crippen molar-refractivity contribution >= 4 is 22.8 Å². The fourth-order valence-electron chi connectivity index (χ4n) is 3.21. The summed E-state index contributed by atoms with van der Waals surface area (Å²) in [7, 11) is 1.62. The first kappa shape index (κ1) is 21.3. The van der Waals surface area contributed by atoms with Crippen LogP contribution >= 0.6 is 0 Å². The number of hydrogen-bond donors (Lipinski definition) is 2. The van der Waals surface area contributed by atoms with E-state index in [1.807, 2.05) is 68.4 Å². The lowest BCUT2D eigenvalue weighted by atomic mass is 10.2. The number of nitrogens with zero attached hydrogens (tertiary/aromatic N) is 4. The molecule has 0 aliphatic rings. The van der Waals surface area contributed by atoms with Crippen LogP contribution in [0.15, 0.2) is 60.8 Å². The molecule has 1 amide bonds. The fourth-order valence-corrected chi connectivity index (χ4v) is 3.21. The van der Waals surface area contributed by atoms with Crippen LogP contribution in [0.5, 0.6) is 5.75 Å². The number of fused-ring (bicyclic) bond motifs is 1. The van der Waals surface area contributed by atoms with Crippen molar-refractivity contribution in [3.8, 4) is 11.4 Å². The van der Waals surface area contributed by atoms with Gasteiger partial charge in [0.15, 0.2) is 5.65 Å². The number of ether oxygens (including phenoxy) is 1. The summed E-state index contributed by atoms with van der Waals surface area (Å²) in [6.45, 7) is 5.18. The molecular formula is C24H26N6O2. The molecule has 2 N–H and O–H groups in total. The molecule has 4 rings (SSSR count). The maximum atomic E-state index is 12.8. The van der Waals surface area contributed by atoms with Crippen molar-refractivity contribution in [2.24, 2.45) is 5.92 Å². The Hall–Kier alpha value is -3.94. The molecule has 2 aromatic heterocycles. The van der Waals surface area contributed by atoms with Crippen molar-refractivity contribution in [3.63, 3.8) is 0 Å². The molecule has 8 heteroatoms. The number of rotatable bonds is 8. The normalized spacial score (nSPS) is 11.0.